The minimum atomic E-state index is -0.827. The number of fused-ring (bicyclic) bond motifs is 1. The van der Waals surface area contributed by atoms with E-state index in [0.29, 0.717) is 5.69 Å². The van der Waals surface area contributed by atoms with Crippen LogP contribution in [0.3, 0.4) is 0 Å². The Kier molecular flexibility index (Phi) is 5.97. The van der Waals surface area contributed by atoms with Crippen LogP contribution in [-0.4, -0.2) is 30.4 Å². The van der Waals surface area contributed by atoms with E-state index in [1.807, 2.05) is 36.4 Å². The lowest BCUT2D eigenvalue weighted by atomic mass is 9.95. The molecule has 0 aromatic heterocycles. The summed E-state index contributed by atoms with van der Waals surface area (Å²) < 4.78 is 5.00. The molecule has 2 amide bonds. The third kappa shape index (κ3) is 5.05. The molecule has 2 rings (SSSR count). The van der Waals surface area contributed by atoms with Gasteiger partial charge in [0.25, 0.3) is 5.91 Å². The maximum atomic E-state index is 12.1. The van der Waals surface area contributed by atoms with Gasteiger partial charge in [-0.25, -0.2) is 4.79 Å². The standard InChI is InChI=1S/C20H24N2O4/c1-13(21-19(25)20(2,3)4)18(24)26-12-17(23)22-16-11-7-9-14-8-5-6-10-15(14)16/h5-11,13H,12H2,1-4H3,(H,21,25)(H,22,23). The molecule has 0 aliphatic heterocycles. The number of anilines is 1. The van der Waals surface area contributed by atoms with Gasteiger partial charge < -0.3 is 15.4 Å². The largest absolute Gasteiger partial charge is 0.454 e. The fourth-order valence-electron chi connectivity index (χ4n) is 2.25. The molecule has 2 N–H and O–H groups in total. The SMILES string of the molecule is CC(NC(=O)C(C)(C)C)C(=O)OCC(=O)Nc1cccc2ccccc12. The summed E-state index contributed by atoms with van der Waals surface area (Å²) in [5.41, 5.74) is 0.0403. The Hall–Kier alpha value is -2.89. The number of amides is 2. The fraction of sp³-hybridized carbons (Fsp3) is 0.350. The first-order chi connectivity index (χ1) is 12.2. The Morgan fingerprint density at radius 1 is 1.04 bits per heavy atom. The van der Waals surface area contributed by atoms with Gasteiger partial charge in [-0.15, -0.1) is 0 Å². The Morgan fingerprint density at radius 3 is 2.38 bits per heavy atom. The van der Waals surface area contributed by atoms with Crippen LogP contribution in [0.15, 0.2) is 42.5 Å². The van der Waals surface area contributed by atoms with E-state index in [2.05, 4.69) is 10.6 Å². The molecule has 2 aromatic carbocycles. The number of hydrogen-bond acceptors (Lipinski definition) is 4. The second kappa shape index (κ2) is 7.99. The minimum absolute atomic E-state index is 0.262. The summed E-state index contributed by atoms with van der Waals surface area (Å²) in [5.74, 6) is -1.36. The number of esters is 1. The lowest BCUT2D eigenvalue weighted by molar-refractivity contribution is -0.150. The van der Waals surface area contributed by atoms with Gasteiger partial charge in [0.05, 0.1) is 0 Å². The number of ether oxygens (including phenoxy) is 1. The minimum Gasteiger partial charge on any atom is -0.454 e. The summed E-state index contributed by atoms with van der Waals surface area (Å²) >= 11 is 0. The third-order valence-corrected chi connectivity index (χ3v) is 3.79. The predicted octanol–water partition coefficient (Wildman–Crippen LogP) is 2.87. The zero-order valence-electron chi connectivity index (χ0n) is 15.5. The zero-order chi connectivity index (χ0) is 19.3. The highest BCUT2D eigenvalue weighted by Crippen LogP contribution is 2.22. The fourth-order valence-corrected chi connectivity index (χ4v) is 2.25. The first-order valence-corrected chi connectivity index (χ1v) is 8.43. The van der Waals surface area contributed by atoms with E-state index in [1.54, 1.807) is 26.8 Å². The summed E-state index contributed by atoms with van der Waals surface area (Å²) in [6, 6.07) is 12.4. The van der Waals surface area contributed by atoms with Crippen LogP contribution in [0.25, 0.3) is 10.8 Å². The van der Waals surface area contributed by atoms with Crippen molar-refractivity contribution in [2.75, 3.05) is 11.9 Å². The lowest BCUT2D eigenvalue weighted by Gasteiger charge is -2.20. The average Bonchev–Trinajstić information content (AvgIpc) is 2.59. The van der Waals surface area contributed by atoms with E-state index in [-0.39, 0.29) is 5.91 Å². The number of nitrogens with one attached hydrogen (secondary N) is 2. The highest BCUT2D eigenvalue weighted by molar-refractivity contribution is 6.02. The van der Waals surface area contributed by atoms with Crippen molar-refractivity contribution in [3.05, 3.63) is 42.5 Å². The molecule has 1 unspecified atom stereocenters. The Bertz CT molecular complexity index is 819. The maximum absolute atomic E-state index is 12.1. The number of rotatable bonds is 5. The molecule has 26 heavy (non-hydrogen) atoms. The predicted molar refractivity (Wildman–Crippen MR) is 101 cm³/mol. The molecule has 138 valence electrons. The first-order valence-electron chi connectivity index (χ1n) is 8.43. The summed E-state index contributed by atoms with van der Waals surface area (Å²) in [5, 5.41) is 7.22. The number of carbonyl (C=O) groups is 3. The molecule has 6 heteroatoms. The molecular formula is C20H24N2O4. The third-order valence-electron chi connectivity index (χ3n) is 3.79. The highest BCUT2D eigenvalue weighted by atomic mass is 16.5. The van der Waals surface area contributed by atoms with Crippen LogP contribution >= 0.6 is 0 Å². The van der Waals surface area contributed by atoms with Crippen molar-refractivity contribution in [1.82, 2.24) is 5.32 Å². The second-order valence-corrected chi connectivity index (χ2v) is 7.13. The molecule has 0 saturated carbocycles. The lowest BCUT2D eigenvalue weighted by Crippen LogP contribution is -2.45. The van der Waals surface area contributed by atoms with Crippen LogP contribution in [0.5, 0.6) is 0 Å². The molecule has 0 radical (unpaired) electrons. The number of hydrogen-bond donors (Lipinski definition) is 2. The first kappa shape index (κ1) is 19.4. The van der Waals surface area contributed by atoms with Crippen LogP contribution in [0.2, 0.25) is 0 Å². The van der Waals surface area contributed by atoms with Gasteiger partial charge in [0.15, 0.2) is 6.61 Å². The van der Waals surface area contributed by atoms with Crippen LogP contribution < -0.4 is 10.6 Å². The van der Waals surface area contributed by atoms with Crippen LogP contribution in [0.1, 0.15) is 27.7 Å². The Labute approximate surface area is 152 Å². The van der Waals surface area contributed by atoms with E-state index in [4.69, 9.17) is 4.74 Å². The van der Waals surface area contributed by atoms with E-state index in [0.717, 1.165) is 10.8 Å². The van der Waals surface area contributed by atoms with Crippen molar-refractivity contribution in [2.24, 2.45) is 5.41 Å². The molecule has 0 aliphatic rings. The van der Waals surface area contributed by atoms with Crippen LogP contribution in [-0.2, 0) is 19.1 Å². The normalized spacial score (nSPS) is 12.3. The van der Waals surface area contributed by atoms with Crippen molar-refractivity contribution in [2.45, 2.75) is 33.7 Å². The molecule has 6 nitrogen and oxygen atoms in total. The zero-order valence-corrected chi connectivity index (χ0v) is 15.5. The molecule has 0 spiro atoms. The van der Waals surface area contributed by atoms with Crippen molar-refractivity contribution in [3.63, 3.8) is 0 Å². The van der Waals surface area contributed by atoms with Crippen LogP contribution in [0.4, 0.5) is 5.69 Å². The quantitative estimate of drug-likeness (QED) is 0.807. The van der Waals surface area contributed by atoms with E-state index < -0.39 is 29.9 Å². The van der Waals surface area contributed by atoms with Gasteiger partial charge in [-0.3, -0.25) is 9.59 Å². The number of carbonyl (C=O) groups excluding carboxylic acids is 3. The van der Waals surface area contributed by atoms with Crippen molar-refractivity contribution < 1.29 is 19.1 Å². The second-order valence-electron chi connectivity index (χ2n) is 7.13. The van der Waals surface area contributed by atoms with Gasteiger partial charge in [0.1, 0.15) is 6.04 Å². The van der Waals surface area contributed by atoms with Crippen molar-refractivity contribution >= 4 is 34.2 Å². The molecule has 0 fully saturated rings. The smallest absolute Gasteiger partial charge is 0.328 e. The van der Waals surface area contributed by atoms with Gasteiger partial charge in [-0.1, -0.05) is 57.2 Å². The van der Waals surface area contributed by atoms with E-state index >= 15 is 0 Å². The van der Waals surface area contributed by atoms with E-state index in [9.17, 15) is 14.4 Å². The number of benzene rings is 2. The van der Waals surface area contributed by atoms with Gasteiger partial charge in [-0.2, -0.15) is 0 Å². The van der Waals surface area contributed by atoms with E-state index in [1.165, 1.54) is 6.92 Å². The topological polar surface area (TPSA) is 84.5 Å². The molecule has 0 aliphatic carbocycles. The summed E-state index contributed by atoms with van der Waals surface area (Å²) in [6.07, 6.45) is 0. The average molecular weight is 356 g/mol. The molecule has 2 aromatic rings. The summed E-state index contributed by atoms with van der Waals surface area (Å²) in [4.78, 5) is 35.9. The van der Waals surface area contributed by atoms with Crippen LogP contribution in [0, 0.1) is 5.41 Å². The van der Waals surface area contributed by atoms with Crippen molar-refractivity contribution in [3.8, 4) is 0 Å². The maximum Gasteiger partial charge on any atom is 0.328 e. The Balaban J connectivity index is 1.90. The van der Waals surface area contributed by atoms with Gasteiger partial charge >= 0.3 is 5.97 Å². The van der Waals surface area contributed by atoms with Gasteiger partial charge in [0, 0.05) is 16.5 Å². The Morgan fingerprint density at radius 2 is 1.69 bits per heavy atom. The summed E-state index contributed by atoms with van der Waals surface area (Å²) in [6.45, 7) is 6.35. The monoisotopic (exact) mass is 356 g/mol. The molecule has 0 bridgehead atoms. The molecule has 0 heterocycles. The molecule has 0 saturated heterocycles. The van der Waals surface area contributed by atoms with Gasteiger partial charge in [0.2, 0.25) is 5.91 Å². The molecule has 1 atom stereocenters. The van der Waals surface area contributed by atoms with Gasteiger partial charge in [-0.05, 0) is 18.4 Å². The van der Waals surface area contributed by atoms with Crippen molar-refractivity contribution in [1.29, 1.82) is 0 Å². The summed E-state index contributed by atoms with van der Waals surface area (Å²) in [7, 11) is 0. The molecular weight excluding hydrogens is 332 g/mol. The highest BCUT2D eigenvalue weighted by Gasteiger charge is 2.26.